The quantitative estimate of drug-likeness (QED) is 0.729. The van der Waals surface area contributed by atoms with Crippen LogP contribution < -0.4 is 10.1 Å². The minimum Gasteiger partial charge on any atom is -0.487 e. The third-order valence-electron chi connectivity index (χ3n) is 4.32. The molecule has 1 aliphatic rings. The fourth-order valence-corrected chi connectivity index (χ4v) is 2.86. The van der Waals surface area contributed by atoms with Crippen LogP contribution in [0.3, 0.4) is 0 Å². The number of carbonyl (C=O) groups is 3. The number of hydrogen-bond acceptors (Lipinski definition) is 4. The molecule has 2 N–H and O–H groups in total. The van der Waals surface area contributed by atoms with Crippen molar-refractivity contribution in [3.8, 4) is 5.75 Å². The molecule has 158 valence electrons. The molecular formula is C19H14F4N2O5. The molecule has 1 aliphatic heterocycles. The smallest absolute Gasteiger partial charge is 0.471 e. The summed E-state index contributed by atoms with van der Waals surface area (Å²) in [6.45, 7) is -1.30. The van der Waals surface area contributed by atoms with Gasteiger partial charge in [-0.3, -0.25) is 14.5 Å². The van der Waals surface area contributed by atoms with Gasteiger partial charge in [0.2, 0.25) is 0 Å². The average Bonchev–Trinajstić information content (AvgIpc) is 2.69. The van der Waals surface area contributed by atoms with Crippen molar-refractivity contribution in [3.05, 3.63) is 58.9 Å². The maximum absolute atomic E-state index is 15.1. The van der Waals surface area contributed by atoms with Crippen molar-refractivity contribution in [2.24, 2.45) is 0 Å². The number of alkyl halides is 3. The average molecular weight is 426 g/mol. The van der Waals surface area contributed by atoms with E-state index in [4.69, 9.17) is 9.84 Å². The number of hydrogen-bond donors (Lipinski definition) is 2. The molecule has 0 bridgehead atoms. The monoisotopic (exact) mass is 426 g/mol. The number of Topliss-reactive ketones (excluding diaryl/α,β-unsaturated/α-hetero) is 1. The molecule has 3 rings (SSSR count). The Morgan fingerprint density at radius 3 is 2.43 bits per heavy atom. The number of carbonyl (C=O) groups excluding carboxylic acids is 2. The van der Waals surface area contributed by atoms with Gasteiger partial charge in [-0.05, 0) is 11.6 Å². The Balaban J connectivity index is 2.04. The van der Waals surface area contributed by atoms with Crippen LogP contribution in [0.5, 0.6) is 5.75 Å². The largest absolute Gasteiger partial charge is 0.487 e. The van der Waals surface area contributed by atoms with Gasteiger partial charge < -0.3 is 15.2 Å². The Kier molecular flexibility index (Phi) is 5.63. The van der Waals surface area contributed by atoms with E-state index in [0.717, 1.165) is 6.07 Å². The number of rotatable bonds is 4. The molecule has 0 saturated carbocycles. The Bertz CT molecular complexity index is 1010. The van der Waals surface area contributed by atoms with Crippen molar-refractivity contribution >= 4 is 23.5 Å². The van der Waals surface area contributed by atoms with Crippen molar-refractivity contribution in [3.63, 3.8) is 0 Å². The fraction of sp³-hybridized carbons (Fsp3) is 0.211. The van der Waals surface area contributed by atoms with Crippen LogP contribution >= 0.6 is 0 Å². The highest BCUT2D eigenvalue weighted by molar-refractivity contribution is 6.03. The molecule has 0 fully saturated rings. The molecule has 0 unspecified atom stereocenters. The van der Waals surface area contributed by atoms with Gasteiger partial charge >= 0.3 is 18.2 Å². The van der Waals surface area contributed by atoms with Crippen LogP contribution in [0.25, 0.3) is 0 Å². The molecule has 0 aliphatic carbocycles. The first-order valence-electron chi connectivity index (χ1n) is 8.49. The summed E-state index contributed by atoms with van der Waals surface area (Å²) in [5.41, 5.74) is -0.990. The van der Waals surface area contributed by atoms with Crippen molar-refractivity contribution in [2.45, 2.75) is 19.3 Å². The summed E-state index contributed by atoms with van der Waals surface area (Å²) in [4.78, 5) is 35.4. The zero-order chi connectivity index (χ0) is 22.1. The van der Waals surface area contributed by atoms with E-state index in [1.165, 1.54) is 5.32 Å². The number of nitrogens with one attached hydrogen (secondary N) is 1. The zero-order valence-corrected chi connectivity index (χ0v) is 15.1. The summed E-state index contributed by atoms with van der Waals surface area (Å²) in [6.07, 6.45) is -6.80. The van der Waals surface area contributed by atoms with E-state index < -0.39 is 59.9 Å². The SMILES string of the molecule is O=C1CN(C(=O)O)Cc2c1cc(OCc1ccccc1)c(NC(=O)C(F)(F)F)c2F. The fourth-order valence-electron chi connectivity index (χ4n) is 2.86. The maximum atomic E-state index is 15.1. The lowest BCUT2D eigenvalue weighted by atomic mass is 9.96. The Morgan fingerprint density at radius 1 is 1.17 bits per heavy atom. The second kappa shape index (κ2) is 8.01. The topological polar surface area (TPSA) is 95.9 Å². The summed E-state index contributed by atoms with van der Waals surface area (Å²) < 4.78 is 58.6. The summed E-state index contributed by atoms with van der Waals surface area (Å²) >= 11 is 0. The van der Waals surface area contributed by atoms with Crippen molar-refractivity contribution < 1.29 is 41.8 Å². The Morgan fingerprint density at radius 2 is 1.83 bits per heavy atom. The number of amides is 2. The van der Waals surface area contributed by atoms with Crippen molar-refractivity contribution in [1.29, 1.82) is 0 Å². The lowest BCUT2D eigenvalue weighted by Crippen LogP contribution is -2.39. The van der Waals surface area contributed by atoms with Crippen LogP contribution in [0.1, 0.15) is 21.5 Å². The van der Waals surface area contributed by atoms with E-state index in [9.17, 15) is 27.6 Å². The number of carboxylic acid groups (broad SMARTS) is 1. The number of anilines is 1. The minimum absolute atomic E-state index is 0.177. The molecule has 7 nitrogen and oxygen atoms in total. The van der Waals surface area contributed by atoms with Crippen LogP contribution in [-0.4, -0.2) is 40.5 Å². The minimum atomic E-state index is -5.30. The maximum Gasteiger partial charge on any atom is 0.471 e. The van der Waals surface area contributed by atoms with E-state index in [-0.39, 0.29) is 12.2 Å². The molecule has 1 heterocycles. The van der Waals surface area contributed by atoms with Gasteiger partial charge in [-0.1, -0.05) is 30.3 Å². The third-order valence-corrected chi connectivity index (χ3v) is 4.32. The molecule has 11 heteroatoms. The first kappa shape index (κ1) is 21.1. The molecule has 2 aromatic rings. The molecule has 0 aromatic heterocycles. The van der Waals surface area contributed by atoms with Crippen LogP contribution in [0.4, 0.5) is 28.0 Å². The van der Waals surface area contributed by atoms with Gasteiger partial charge in [0, 0.05) is 11.1 Å². The van der Waals surface area contributed by atoms with E-state index in [2.05, 4.69) is 0 Å². The number of ketones is 1. The van der Waals surface area contributed by atoms with E-state index in [0.29, 0.717) is 10.5 Å². The molecule has 0 spiro atoms. The highest BCUT2D eigenvalue weighted by Gasteiger charge is 2.40. The lowest BCUT2D eigenvalue weighted by Gasteiger charge is -2.27. The van der Waals surface area contributed by atoms with E-state index >= 15 is 4.39 Å². The van der Waals surface area contributed by atoms with Gasteiger partial charge in [-0.15, -0.1) is 0 Å². The molecule has 0 radical (unpaired) electrons. The van der Waals surface area contributed by atoms with Crippen LogP contribution in [-0.2, 0) is 17.9 Å². The number of fused-ring (bicyclic) bond motifs is 1. The van der Waals surface area contributed by atoms with Gasteiger partial charge in [0.05, 0.1) is 13.1 Å². The predicted octanol–water partition coefficient (Wildman–Crippen LogP) is 3.58. The standard InChI is InChI=1S/C19H14F4N2O5/c20-15-12-7-25(18(28)29)8-13(26)11(12)6-14(16(15)24-17(27)19(21,22)23)30-9-10-4-2-1-3-5-10/h1-6H,7-9H2,(H,24,27)(H,28,29). The lowest BCUT2D eigenvalue weighted by molar-refractivity contribution is -0.167. The molecule has 2 aromatic carbocycles. The first-order chi connectivity index (χ1) is 14.1. The second-order valence-electron chi connectivity index (χ2n) is 6.38. The van der Waals surface area contributed by atoms with E-state index in [1.807, 2.05) is 0 Å². The second-order valence-corrected chi connectivity index (χ2v) is 6.38. The molecule has 2 amide bonds. The van der Waals surface area contributed by atoms with Crippen molar-refractivity contribution in [2.75, 3.05) is 11.9 Å². The van der Waals surface area contributed by atoms with Gasteiger partial charge in [-0.2, -0.15) is 13.2 Å². The summed E-state index contributed by atoms with van der Waals surface area (Å²) in [7, 11) is 0. The van der Waals surface area contributed by atoms with E-state index in [1.54, 1.807) is 30.3 Å². The number of halogens is 4. The van der Waals surface area contributed by atoms with Crippen LogP contribution in [0, 0.1) is 5.82 Å². The van der Waals surface area contributed by atoms with Crippen LogP contribution in [0.15, 0.2) is 36.4 Å². The van der Waals surface area contributed by atoms with Crippen LogP contribution in [0.2, 0.25) is 0 Å². The summed E-state index contributed by atoms with van der Waals surface area (Å²) in [5.74, 6) is -5.05. The summed E-state index contributed by atoms with van der Waals surface area (Å²) in [6, 6.07) is 9.40. The molecule has 30 heavy (non-hydrogen) atoms. The third kappa shape index (κ3) is 4.34. The molecule has 0 atom stereocenters. The Labute approximate surface area is 166 Å². The van der Waals surface area contributed by atoms with Gasteiger partial charge in [-0.25, -0.2) is 9.18 Å². The zero-order valence-electron chi connectivity index (χ0n) is 15.1. The predicted molar refractivity (Wildman–Crippen MR) is 94.6 cm³/mol. The number of nitrogens with zero attached hydrogens (tertiary/aromatic N) is 1. The number of benzene rings is 2. The van der Waals surface area contributed by atoms with Gasteiger partial charge in [0.15, 0.2) is 11.6 Å². The van der Waals surface area contributed by atoms with Gasteiger partial charge in [0.1, 0.15) is 18.0 Å². The molecular weight excluding hydrogens is 412 g/mol. The summed E-state index contributed by atoms with van der Waals surface area (Å²) in [5, 5.41) is 10.5. The highest BCUT2D eigenvalue weighted by Crippen LogP contribution is 2.37. The van der Waals surface area contributed by atoms with Crippen molar-refractivity contribution in [1.82, 2.24) is 4.90 Å². The number of ether oxygens (including phenoxy) is 1. The molecule has 0 saturated heterocycles. The Hall–Kier alpha value is -3.63. The first-order valence-corrected chi connectivity index (χ1v) is 8.49. The highest BCUT2D eigenvalue weighted by atomic mass is 19.4. The normalized spacial score (nSPS) is 13.6. The van der Waals surface area contributed by atoms with Gasteiger partial charge in [0.25, 0.3) is 0 Å².